The number of carboxylic acids is 1. The normalized spacial score (nSPS) is 21.1. The van der Waals surface area contributed by atoms with Gasteiger partial charge in [0.05, 0.1) is 38.9 Å². The van der Waals surface area contributed by atoms with Crippen LogP contribution in [0.4, 0.5) is 0 Å². The van der Waals surface area contributed by atoms with Gasteiger partial charge in [0.25, 0.3) is 0 Å². The quantitative estimate of drug-likeness (QED) is 0.0271. The van der Waals surface area contributed by atoms with Crippen LogP contribution in [0.15, 0.2) is 212 Å². The van der Waals surface area contributed by atoms with Crippen LogP contribution < -0.4 is 0 Å². The van der Waals surface area contributed by atoms with Crippen molar-refractivity contribution in [2.75, 3.05) is 19.8 Å². The standard InChI is InChI=1S/C70H66O20/c71-55(72)42-26-3-1-2-4-27-43-80-69-60(88-67(78)51-38-22-10-23-39-51)59(87-66(77)50-36-20-9-21-37-50)57(54(83-69)45-82-63(74)47-30-14-6-15-31-47)90-70-61(89-68(79)52-40-24-11-25-41-52)58(86-65(76)49-34-18-8-19-35-49)56(85-64(75)48-32-16-7-17-33-48)53(84-70)44-81-62(73)46-28-12-5-13-29-46/h5-25,28-41,53-54,56-61,69-70H,1-4,26-27,42-45H2,(H,71,72). The lowest BCUT2D eigenvalue weighted by Gasteiger charge is -2.48. The predicted molar refractivity (Wildman–Crippen MR) is 320 cm³/mol. The SMILES string of the molecule is O=C(O)CCCCCCCCOC1OC(COC(=O)c2ccccc2)C(OC2OC(COC(=O)c3ccccc3)C(OC(=O)c3ccccc3)C(OC(=O)c3ccccc3)C2OC(=O)c2ccccc2)C(OC(=O)c2ccccc2)C1OC(=O)c1ccccc1. The molecular weight excluding hydrogens is 1160 g/mol. The Morgan fingerprint density at radius 1 is 0.311 bits per heavy atom. The highest BCUT2D eigenvalue weighted by atomic mass is 16.8. The van der Waals surface area contributed by atoms with Crippen molar-refractivity contribution in [2.45, 2.75) is 106 Å². The summed E-state index contributed by atoms with van der Waals surface area (Å²) >= 11 is 0. The Bertz CT molecular complexity index is 3450. The number of carbonyl (C=O) groups excluding carboxylic acids is 7. The summed E-state index contributed by atoms with van der Waals surface area (Å²) < 4.78 is 70.8. The highest BCUT2D eigenvalue weighted by molar-refractivity contribution is 5.93. The van der Waals surface area contributed by atoms with Crippen LogP contribution in [0, 0.1) is 0 Å². The molecule has 10 unspecified atom stereocenters. The van der Waals surface area contributed by atoms with E-state index in [1.54, 1.807) is 127 Å². The van der Waals surface area contributed by atoms with Crippen molar-refractivity contribution in [3.63, 3.8) is 0 Å². The highest BCUT2D eigenvalue weighted by Crippen LogP contribution is 2.37. The molecule has 0 radical (unpaired) electrons. The summed E-state index contributed by atoms with van der Waals surface area (Å²) in [5.41, 5.74) is 0.401. The minimum atomic E-state index is -2.07. The van der Waals surface area contributed by atoms with Gasteiger partial charge in [-0.1, -0.05) is 153 Å². The van der Waals surface area contributed by atoms with E-state index in [-0.39, 0.29) is 52.0 Å². The molecule has 2 heterocycles. The van der Waals surface area contributed by atoms with Crippen molar-refractivity contribution >= 4 is 47.8 Å². The van der Waals surface area contributed by atoms with E-state index in [9.17, 15) is 38.4 Å². The van der Waals surface area contributed by atoms with Crippen molar-refractivity contribution in [3.05, 3.63) is 251 Å². The first-order chi connectivity index (χ1) is 43.9. The summed E-state index contributed by atoms with van der Waals surface area (Å²) in [4.78, 5) is 112. The van der Waals surface area contributed by atoms with Gasteiger partial charge in [0, 0.05) is 13.0 Å². The van der Waals surface area contributed by atoms with E-state index in [4.69, 9.17) is 57.2 Å². The minimum Gasteiger partial charge on any atom is -0.481 e. The first-order valence-corrected chi connectivity index (χ1v) is 29.4. The topological polar surface area (TPSA) is 258 Å². The predicted octanol–water partition coefficient (Wildman–Crippen LogP) is 10.5. The molecule has 9 rings (SSSR count). The number of ether oxygens (including phenoxy) is 11. The van der Waals surface area contributed by atoms with Crippen LogP contribution in [-0.2, 0) is 56.9 Å². The molecular formula is C70H66O20. The number of aliphatic carboxylic acids is 1. The van der Waals surface area contributed by atoms with Crippen molar-refractivity contribution in [3.8, 4) is 0 Å². The summed E-state index contributed by atoms with van der Waals surface area (Å²) in [6, 6.07) is 54.8. The van der Waals surface area contributed by atoms with Gasteiger partial charge in [0.2, 0.25) is 0 Å². The zero-order valence-corrected chi connectivity index (χ0v) is 48.8. The third-order valence-corrected chi connectivity index (χ3v) is 14.6. The first kappa shape index (κ1) is 64.6. The monoisotopic (exact) mass is 1230 g/mol. The lowest BCUT2D eigenvalue weighted by molar-refractivity contribution is -0.356. The maximum absolute atomic E-state index is 14.7. The number of hydrogen-bond acceptors (Lipinski definition) is 19. The van der Waals surface area contributed by atoms with Crippen LogP contribution in [0.1, 0.15) is 117 Å². The van der Waals surface area contributed by atoms with Gasteiger partial charge in [0.15, 0.2) is 43.1 Å². The van der Waals surface area contributed by atoms with E-state index in [0.717, 1.165) is 12.8 Å². The molecule has 2 saturated heterocycles. The summed E-state index contributed by atoms with van der Waals surface area (Å²) in [6.07, 6.45) is -14.3. The van der Waals surface area contributed by atoms with Crippen molar-refractivity contribution in [1.29, 1.82) is 0 Å². The van der Waals surface area contributed by atoms with E-state index in [1.165, 1.54) is 84.9 Å². The molecule has 0 saturated carbocycles. The largest absolute Gasteiger partial charge is 0.481 e. The average molecular weight is 1230 g/mol. The van der Waals surface area contributed by atoms with E-state index >= 15 is 0 Å². The molecule has 20 heteroatoms. The maximum Gasteiger partial charge on any atom is 0.338 e. The lowest BCUT2D eigenvalue weighted by atomic mass is 9.95. The van der Waals surface area contributed by atoms with Crippen LogP contribution in [0.5, 0.6) is 0 Å². The van der Waals surface area contributed by atoms with Gasteiger partial charge in [-0.2, -0.15) is 0 Å². The Kier molecular flexibility index (Phi) is 23.6. The van der Waals surface area contributed by atoms with E-state index in [2.05, 4.69) is 0 Å². The fourth-order valence-corrected chi connectivity index (χ4v) is 9.99. The first-order valence-electron chi connectivity index (χ1n) is 29.4. The van der Waals surface area contributed by atoms with Gasteiger partial charge in [-0.05, 0) is 97.8 Å². The maximum atomic E-state index is 14.7. The molecule has 0 aliphatic carbocycles. The van der Waals surface area contributed by atoms with Crippen molar-refractivity contribution < 1.29 is 95.6 Å². The number of hydrogen-bond donors (Lipinski definition) is 1. The van der Waals surface area contributed by atoms with Gasteiger partial charge in [0.1, 0.15) is 31.5 Å². The molecule has 10 atom stereocenters. The smallest absolute Gasteiger partial charge is 0.338 e. The fourth-order valence-electron chi connectivity index (χ4n) is 9.99. The molecule has 7 aromatic carbocycles. The van der Waals surface area contributed by atoms with Gasteiger partial charge >= 0.3 is 47.8 Å². The second-order valence-electron chi connectivity index (χ2n) is 20.9. The van der Waals surface area contributed by atoms with Crippen LogP contribution in [0.25, 0.3) is 0 Å². The van der Waals surface area contributed by atoms with Crippen LogP contribution in [0.3, 0.4) is 0 Å². The molecule has 2 aliphatic rings. The van der Waals surface area contributed by atoms with Crippen molar-refractivity contribution in [2.24, 2.45) is 0 Å². The zero-order valence-electron chi connectivity index (χ0n) is 48.8. The summed E-state index contributed by atoms with van der Waals surface area (Å²) in [5.74, 6) is -7.43. The van der Waals surface area contributed by atoms with Gasteiger partial charge in [-0.25, -0.2) is 33.6 Å². The molecule has 20 nitrogen and oxygen atoms in total. The number of rotatable bonds is 28. The van der Waals surface area contributed by atoms with Crippen LogP contribution >= 0.6 is 0 Å². The molecule has 7 aromatic rings. The fraction of sp³-hybridized carbons (Fsp3) is 0.286. The zero-order chi connectivity index (χ0) is 63.0. The molecule has 2 fully saturated rings. The Labute approximate surface area is 518 Å². The molecule has 90 heavy (non-hydrogen) atoms. The summed E-state index contributed by atoms with van der Waals surface area (Å²) in [5, 5.41) is 9.12. The van der Waals surface area contributed by atoms with Crippen LogP contribution in [0.2, 0.25) is 0 Å². The lowest BCUT2D eigenvalue weighted by Crippen LogP contribution is -2.67. The number of carbonyl (C=O) groups is 8. The second-order valence-corrected chi connectivity index (χ2v) is 20.9. The Hall–Kier alpha value is -9.86. The van der Waals surface area contributed by atoms with Crippen molar-refractivity contribution in [1.82, 2.24) is 0 Å². The van der Waals surface area contributed by atoms with Gasteiger partial charge < -0.3 is 57.2 Å². The van der Waals surface area contributed by atoms with Gasteiger partial charge in [-0.15, -0.1) is 0 Å². The minimum absolute atomic E-state index is 0.00596. The molecule has 0 spiro atoms. The Morgan fingerprint density at radius 3 is 0.956 bits per heavy atom. The molecule has 0 aromatic heterocycles. The molecule has 2 aliphatic heterocycles. The second kappa shape index (κ2) is 32.9. The third-order valence-electron chi connectivity index (χ3n) is 14.6. The van der Waals surface area contributed by atoms with E-state index in [1.807, 2.05) is 0 Å². The van der Waals surface area contributed by atoms with E-state index in [0.29, 0.717) is 25.7 Å². The number of unbranched alkanes of at least 4 members (excludes halogenated alkanes) is 5. The Morgan fingerprint density at radius 2 is 0.589 bits per heavy atom. The summed E-state index contributed by atoms with van der Waals surface area (Å²) in [6.45, 7) is -1.47. The number of esters is 7. The molecule has 0 amide bonds. The van der Waals surface area contributed by atoms with Gasteiger partial charge in [-0.3, -0.25) is 4.79 Å². The molecule has 0 bridgehead atoms. The molecule has 466 valence electrons. The average Bonchev–Trinajstić information content (AvgIpc) is 0.950. The van der Waals surface area contributed by atoms with Crippen LogP contribution in [-0.4, -0.2) is 134 Å². The highest BCUT2D eigenvalue weighted by Gasteiger charge is 2.58. The number of carboxylic acid groups (broad SMARTS) is 1. The molecule has 1 N–H and O–H groups in total. The van der Waals surface area contributed by atoms with E-state index < -0.39 is 122 Å². The Balaban J connectivity index is 1.18. The summed E-state index contributed by atoms with van der Waals surface area (Å²) in [7, 11) is 0. The number of benzene rings is 7. The third kappa shape index (κ3) is 18.1.